The number of carbonyl (C=O) groups is 2. The number of fused-ring (bicyclic) bond motifs is 2. The molecule has 154 valence electrons. The van der Waals surface area contributed by atoms with Crippen molar-refractivity contribution in [2.24, 2.45) is 17.3 Å². The Morgan fingerprint density at radius 2 is 2.00 bits per heavy atom. The van der Waals surface area contributed by atoms with Gasteiger partial charge in [-0.1, -0.05) is 13.8 Å². The molecule has 1 heterocycles. The number of aliphatic hydroxyl groups is 1. The molecule has 0 radical (unpaired) electrons. The maximum Gasteiger partial charge on any atom is 0.471 e. The van der Waals surface area contributed by atoms with Crippen LogP contribution in [0.2, 0.25) is 0 Å². The lowest BCUT2D eigenvalue weighted by Gasteiger charge is -2.54. The molecule has 5 atom stereocenters. The number of thioether (sulfide) groups is 1. The summed E-state index contributed by atoms with van der Waals surface area (Å²) in [4.78, 5) is 26.2. The fourth-order valence-corrected chi connectivity index (χ4v) is 6.48. The van der Waals surface area contributed by atoms with Crippen LogP contribution in [0.5, 0.6) is 0 Å². The van der Waals surface area contributed by atoms with E-state index in [9.17, 15) is 27.9 Å². The Hall–Kier alpha value is -0.960. The molecule has 3 rings (SSSR count). The Kier molecular flexibility index (Phi) is 5.49. The molecule has 5 nitrogen and oxygen atoms in total. The number of rotatable bonds is 3. The third-order valence-electron chi connectivity index (χ3n) is 6.16. The minimum absolute atomic E-state index is 0.142. The van der Waals surface area contributed by atoms with Crippen molar-refractivity contribution in [1.82, 2.24) is 10.2 Å². The minimum Gasteiger partial charge on any atom is -0.390 e. The highest BCUT2D eigenvalue weighted by Gasteiger charge is 2.55. The molecule has 1 saturated heterocycles. The first kappa shape index (κ1) is 20.8. The van der Waals surface area contributed by atoms with Crippen LogP contribution in [0.25, 0.3) is 0 Å². The molecule has 1 aliphatic heterocycles. The van der Waals surface area contributed by atoms with Gasteiger partial charge in [0.05, 0.1) is 11.5 Å². The predicted molar refractivity (Wildman–Crippen MR) is 95.8 cm³/mol. The molecular formula is C18H27F3N2O3S. The second-order valence-corrected chi connectivity index (χ2v) is 9.99. The van der Waals surface area contributed by atoms with Gasteiger partial charge < -0.3 is 15.3 Å². The SMILES string of the molecule is CC1CC2CC(O)(C1)CC(C)([C@H](NC(=O)C(F)(F)F)C(=O)N1CCSC1)C2. The van der Waals surface area contributed by atoms with Gasteiger partial charge in [0.25, 0.3) is 0 Å². The van der Waals surface area contributed by atoms with Crippen LogP contribution in [-0.4, -0.2) is 57.8 Å². The zero-order valence-electron chi connectivity index (χ0n) is 15.6. The van der Waals surface area contributed by atoms with Gasteiger partial charge in [-0.15, -0.1) is 11.8 Å². The Morgan fingerprint density at radius 1 is 1.30 bits per heavy atom. The van der Waals surface area contributed by atoms with E-state index in [1.807, 2.05) is 5.32 Å². The van der Waals surface area contributed by atoms with Gasteiger partial charge in [-0.25, -0.2) is 0 Å². The third-order valence-corrected chi connectivity index (χ3v) is 7.13. The summed E-state index contributed by atoms with van der Waals surface area (Å²) >= 11 is 1.54. The fourth-order valence-electron chi connectivity index (χ4n) is 5.53. The number of nitrogens with zero attached hydrogens (tertiary/aromatic N) is 1. The fraction of sp³-hybridized carbons (Fsp3) is 0.889. The Bertz CT molecular complexity index is 607. The molecule has 2 saturated carbocycles. The summed E-state index contributed by atoms with van der Waals surface area (Å²) in [7, 11) is 0. The maximum atomic E-state index is 13.0. The number of hydrogen-bond acceptors (Lipinski definition) is 4. The average Bonchev–Trinajstić information content (AvgIpc) is 3.02. The molecule has 2 bridgehead atoms. The molecule has 3 fully saturated rings. The average molecular weight is 408 g/mol. The van der Waals surface area contributed by atoms with Gasteiger partial charge >= 0.3 is 12.1 Å². The van der Waals surface area contributed by atoms with Crippen LogP contribution in [0.15, 0.2) is 0 Å². The van der Waals surface area contributed by atoms with Crippen LogP contribution in [0.3, 0.4) is 0 Å². The molecule has 2 amide bonds. The molecule has 0 aromatic rings. The van der Waals surface area contributed by atoms with Crippen LogP contribution in [0.4, 0.5) is 13.2 Å². The number of hydrogen-bond donors (Lipinski definition) is 2. The highest BCUT2D eigenvalue weighted by molar-refractivity contribution is 7.99. The van der Waals surface area contributed by atoms with Crippen molar-refractivity contribution in [3.05, 3.63) is 0 Å². The van der Waals surface area contributed by atoms with Crippen molar-refractivity contribution in [2.45, 2.75) is 63.8 Å². The third kappa shape index (κ3) is 4.39. The maximum absolute atomic E-state index is 13.0. The summed E-state index contributed by atoms with van der Waals surface area (Å²) in [6, 6.07) is -1.28. The van der Waals surface area contributed by atoms with E-state index in [0.29, 0.717) is 37.6 Å². The number of halogens is 3. The molecule has 3 aliphatic rings. The summed E-state index contributed by atoms with van der Waals surface area (Å²) in [6.07, 6.45) is -2.24. The van der Waals surface area contributed by atoms with E-state index in [1.54, 1.807) is 6.92 Å². The second kappa shape index (κ2) is 7.13. The van der Waals surface area contributed by atoms with Crippen LogP contribution < -0.4 is 5.32 Å². The number of alkyl halides is 3. The van der Waals surface area contributed by atoms with E-state index in [1.165, 1.54) is 16.7 Å². The van der Waals surface area contributed by atoms with E-state index in [4.69, 9.17) is 0 Å². The molecule has 2 aliphatic carbocycles. The summed E-state index contributed by atoms with van der Waals surface area (Å²) < 4.78 is 38.7. The monoisotopic (exact) mass is 408 g/mol. The van der Waals surface area contributed by atoms with Gasteiger partial charge in [-0.3, -0.25) is 9.59 Å². The molecule has 0 aromatic heterocycles. The first-order chi connectivity index (χ1) is 12.4. The molecular weight excluding hydrogens is 381 g/mol. The lowest BCUT2D eigenvalue weighted by atomic mass is 9.55. The van der Waals surface area contributed by atoms with Gasteiger partial charge in [0.15, 0.2) is 0 Å². The summed E-state index contributed by atoms with van der Waals surface area (Å²) in [6.45, 7) is 4.26. The Balaban J connectivity index is 1.89. The highest BCUT2D eigenvalue weighted by Crippen LogP contribution is 2.54. The molecule has 9 heteroatoms. The molecule has 2 N–H and O–H groups in total. The van der Waals surface area contributed by atoms with Crippen molar-refractivity contribution in [1.29, 1.82) is 0 Å². The minimum atomic E-state index is -5.05. The largest absolute Gasteiger partial charge is 0.471 e. The van der Waals surface area contributed by atoms with Crippen LogP contribution in [-0.2, 0) is 9.59 Å². The molecule has 0 aromatic carbocycles. The van der Waals surface area contributed by atoms with Gasteiger partial charge in [-0.2, -0.15) is 13.2 Å². The zero-order chi connectivity index (χ0) is 20.0. The summed E-state index contributed by atoms with van der Waals surface area (Å²) in [5.74, 6) is -0.942. The predicted octanol–water partition coefficient (Wildman–Crippen LogP) is 2.53. The highest BCUT2D eigenvalue weighted by atomic mass is 32.2. The van der Waals surface area contributed by atoms with E-state index in [2.05, 4.69) is 6.92 Å². The lowest BCUT2D eigenvalue weighted by molar-refractivity contribution is -0.178. The van der Waals surface area contributed by atoms with Gasteiger partial charge in [0, 0.05) is 12.3 Å². The first-order valence-electron chi connectivity index (χ1n) is 9.38. The van der Waals surface area contributed by atoms with Crippen molar-refractivity contribution in [2.75, 3.05) is 18.2 Å². The summed E-state index contributed by atoms with van der Waals surface area (Å²) in [5, 5.41) is 13.0. The number of amides is 2. The summed E-state index contributed by atoms with van der Waals surface area (Å²) in [5.41, 5.74) is -1.90. The van der Waals surface area contributed by atoms with Crippen LogP contribution >= 0.6 is 11.8 Å². The molecule has 0 spiro atoms. The normalized spacial score (nSPS) is 37.8. The van der Waals surface area contributed by atoms with Gasteiger partial charge in [-0.05, 0) is 49.4 Å². The van der Waals surface area contributed by atoms with Crippen molar-refractivity contribution in [3.8, 4) is 0 Å². The van der Waals surface area contributed by atoms with Crippen LogP contribution in [0.1, 0.15) is 46.0 Å². The Labute approximate surface area is 161 Å². The smallest absolute Gasteiger partial charge is 0.390 e. The molecule has 27 heavy (non-hydrogen) atoms. The second-order valence-electron chi connectivity index (χ2n) is 8.92. The quantitative estimate of drug-likeness (QED) is 0.753. The van der Waals surface area contributed by atoms with E-state index < -0.39 is 35.0 Å². The molecule has 4 unspecified atom stereocenters. The van der Waals surface area contributed by atoms with Gasteiger partial charge in [0.2, 0.25) is 5.91 Å². The Morgan fingerprint density at radius 3 is 2.56 bits per heavy atom. The van der Waals surface area contributed by atoms with E-state index in [-0.39, 0.29) is 12.3 Å². The van der Waals surface area contributed by atoms with Crippen molar-refractivity contribution < 1.29 is 27.9 Å². The number of carbonyl (C=O) groups excluding carboxylic acids is 2. The number of nitrogens with one attached hydrogen (secondary N) is 1. The van der Waals surface area contributed by atoms with Crippen LogP contribution in [0, 0.1) is 17.3 Å². The lowest BCUT2D eigenvalue weighted by Crippen LogP contribution is -2.62. The van der Waals surface area contributed by atoms with Crippen molar-refractivity contribution in [3.63, 3.8) is 0 Å². The van der Waals surface area contributed by atoms with E-state index >= 15 is 0 Å². The zero-order valence-corrected chi connectivity index (χ0v) is 16.5. The first-order valence-corrected chi connectivity index (χ1v) is 10.5. The van der Waals surface area contributed by atoms with E-state index in [0.717, 1.165) is 12.2 Å². The topological polar surface area (TPSA) is 69.6 Å². The standard InChI is InChI=1S/C18H27F3N2O3S/c1-11-5-12-7-16(2,9-17(26,6-11)8-12)13(22-15(25)18(19,20)21)14(24)23-3-4-27-10-23/h11-13,26H,3-10H2,1-2H3,(H,22,25)/t11?,12?,13-,16?,17?/m1/s1. The van der Waals surface area contributed by atoms with Gasteiger partial charge in [0.1, 0.15) is 6.04 Å². The van der Waals surface area contributed by atoms with Crippen molar-refractivity contribution >= 4 is 23.6 Å².